The summed E-state index contributed by atoms with van der Waals surface area (Å²) in [7, 11) is 0. The highest BCUT2D eigenvalue weighted by Crippen LogP contribution is 2.56. The van der Waals surface area contributed by atoms with Gasteiger partial charge in [0.05, 0.1) is 6.61 Å². The molecule has 2 unspecified atom stereocenters. The second-order valence-electron chi connectivity index (χ2n) is 12.5. The van der Waals surface area contributed by atoms with Crippen molar-refractivity contribution in [2.24, 2.45) is 5.92 Å². The van der Waals surface area contributed by atoms with E-state index in [4.69, 9.17) is 14.2 Å². The number of rotatable bonds is 3. The fourth-order valence-corrected chi connectivity index (χ4v) is 6.44. The first kappa shape index (κ1) is 24.3. The average Bonchev–Trinajstić information content (AvgIpc) is 3.45. The molecule has 2 atom stereocenters. The molecule has 1 spiro atoms. The molecule has 1 saturated heterocycles. The third kappa shape index (κ3) is 3.65. The van der Waals surface area contributed by atoms with Crippen LogP contribution in [0.1, 0.15) is 64.2 Å². The zero-order valence-electron chi connectivity index (χ0n) is 22.3. The van der Waals surface area contributed by atoms with Crippen molar-refractivity contribution >= 4 is 17.6 Å². The Kier molecular flexibility index (Phi) is 5.40. The highest BCUT2D eigenvalue weighted by molar-refractivity contribution is 6.14. The Morgan fingerprint density at radius 2 is 1.70 bits per heavy atom. The van der Waals surface area contributed by atoms with Crippen molar-refractivity contribution < 1.29 is 23.8 Å². The molecular formula is C30H36N2O5. The lowest BCUT2D eigenvalue weighted by Crippen LogP contribution is -2.55. The number of carbonyl (C=O) groups excluding carboxylic acids is 2. The Hall–Kier alpha value is -3.06. The van der Waals surface area contributed by atoms with Gasteiger partial charge in [0.2, 0.25) is 5.91 Å². The Morgan fingerprint density at radius 3 is 2.43 bits per heavy atom. The predicted octanol–water partition coefficient (Wildman–Crippen LogP) is 4.09. The van der Waals surface area contributed by atoms with Gasteiger partial charge >= 0.3 is 5.97 Å². The first-order chi connectivity index (χ1) is 17.5. The van der Waals surface area contributed by atoms with Gasteiger partial charge in [0.15, 0.2) is 0 Å². The summed E-state index contributed by atoms with van der Waals surface area (Å²) in [4.78, 5) is 30.3. The van der Waals surface area contributed by atoms with Crippen LogP contribution in [0, 0.1) is 5.92 Å². The third-order valence-electron chi connectivity index (χ3n) is 8.27. The van der Waals surface area contributed by atoms with Crippen molar-refractivity contribution in [1.82, 2.24) is 5.32 Å². The van der Waals surface area contributed by atoms with E-state index in [9.17, 15) is 9.59 Å². The fraction of sp³-hybridized carbons (Fsp3) is 0.533. The van der Waals surface area contributed by atoms with E-state index in [-0.39, 0.29) is 29.8 Å². The lowest BCUT2D eigenvalue weighted by atomic mass is 9.75. The van der Waals surface area contributed by atoms with E-state index < -0.39 is 17.1 Å². The fourth-order valence-electron chi connectivity index (χ4n) is 6.44. The van der Waals surface area contributed by atoms with Gasteiger partial charge in [-0.3, -0.25) is 9.69 Å². The molecule has 7 nitrogen and oxygen atoms in total. The minimum Gasteiger partial charge on any atom is -0.492 e. The first-order valence-electron chi connectivity index (χ1n) is 13.3. The second-order valence-corrected chi connectivity index (χ2v) is 12.5. The van der Waals surface area contributed by atoms with Crippen LogP contribution in [-0.2, 0) is 25.2 Å². The molecule has 196 valence electrons. The van der Waals surface area contributed by atoms with Gasteiger partial charge in [0, 0.05) is 28.3 Å². The van der Waals surface area contributed by atoms with Gasteiger partial charge in [0.25, 0.3) is 0 Å². The van der Waals surface area contributed by atoms with Crippen LogP contribution in [0.4, 0.5) is 5.69 Å². The lowest BCUT2D eigenvalue weighted by molar-refractivity contribution is -0.159. The van der Waals surface area contributed by atoms with Gasteiger partial charge in [-0.15, -0.1) is 0 Å². The molecule has 4 aliphatic heterocycles. The molecule has 1 N–H and O–H groups in total. The number of carbonyl (C=O) groups is 2. The van der Waals surface area contributed by atoms with E-state index in [0.29, 0.717) is 12.4 Å². The number of fused-ring (bicyclic) bond motifs is 5. The lowest BCUT2D eigenvalue weighted by Gasteiger charge is -2.37. The summed E-state index contributed by atoms with van der Waals surface area (Å²) in [5, 5.41) is 3.38. The molecule has 4 aliphatic rings. The summed E-state index contributed by atoms with van der Waals surface area (Å²) in [5.41, 5.74) is 1.78. The maximum Gasteiger partial charge on any atom is 0.330 e. The second kappa shape index (κ2) is 8.22. The van der Waals surface area contributed by atoms with Gasteiger partial charge < -0.3 is 19.5 Å². The van der Waals surface area contributed by atoms with E-state index in [0.717, 1.165) is 54.1 Å². The monoisotopic (exact) mass is 504 g/mol. The molecular weight excluding hydrogens is 468 g/mol. The quantitative estimate of drug-likeness (QED) is 0.635. The summed E-state index contributed by atoms with van der Waals surface area (Å²) in [5.74, 6) is 1.04. The number of amides is 1. The van der Waals surface area contributed by atoms with Crippen molar-refractivity contribution in [1.29, 1.82) is 0 Å². The van der Waals surface area contributed by atoms with Crippen molar-refractivity contribution in [2.75, 3.05) is 31.2 Å². The van der Waals surface area contributed by atoms with Crippen LogP contribution >= 0.6 is 0 Å². The third-order valence-corrected chi connectivity index (χ3v) is 8.27. The smallest absolute Gasteiger partial charge is 0.330 e. The van der Waals surface area contributed by atoms with E-state index in [1.54, 1.807) is 4.90 Å². The first-order valence-corrected chi connectivity index (χ1v) is 13.3. The Morgan fingerprint density at radius 1 is 1.03 bits per heavy atom. The van der Waals surface area contributed by atoms with Crippen LogP contribution in [0.5, 0.6) is 11.5 Å². The van der Waals surface area contributed by atoms with Gasteiger partial charge in [-0.1, -0.05) is 32.0 Å². The largest absolute Gasteiger partial charge is 0.492 e. The maximum atomic E-state index is 14.8. The number of para-hydroxylation sites is 1. The van der Waals surface area contributed by atoms with Gasteiger partial charge in [-0.05, 0) is 70.3 Å². The van der Waals surface area contributed by atoms with Gasteiger partial charge in [0.1, 0.15) is 35.2 Å². The number of ether oxygens (including phenoxy) is 3. The molecule has 0 radical (unpaired) electrons. The molecule has 6 rings (SSSR count). The van der Waals surface area contributed by atoms with Crippen molar-refractivity contribution in [2.45, 2.75) is 69.9 Å². The number of piperidine rings is 1. The minimum absolute atomic E-state index is 0.00241. The highest BCUT2D eigenvalue weighted by atomic mass is 16.6. The van der Waals surface area contributed by atoms with E-state index in [1.807, 2.05) is 51.1 Å². The Balaban J connectivity index is 1.50. The van der Waals surface area contributed by atoms with E-state index >= 15 is 0 Å². The number of anilines is 1. The van der Waals surface area contributed by atoms with Crippen LogP contribution in [0.15, 0.2) is 36.4 Å². The van der Waals surface area contributed by atoms with Crippen LogP contribution in [0.3, 0.4) is 0 Å². The van der Waals surface area contributed by atoms with Crippen LogP contribution in [-0.4, -0.2) is 49.8 Å². The molecule has 0 aliphatic carbocycles. The van der Waals surface area contributed by atoms with Crippen LogP contribution in [0.25, 0.3) is 0 Å². The molecule has 0 aromatic heterocycles. The number of nitrogens with zero attached hydrogens (tertiary/aromatic N) is 1. The summed E-state index contributed by atoms with van der Waals surface area (Å²) in [6.07, 6.45) is 1.60. The number of esters is 1. The minimum atomic E-state index is -1.01. The topological polar surface area (TPSA) is 77.1 Å². The number of hydrogen-bond acceptors (Lipinski definition) is 6. The zero-order valence-corrected chi connectivity index (χ0v) is 22.3. The molecule has 2 aromatic rings. The molecule has 1 fully saturated rings. The molecule has 2 aromatic carbocycles. The molecule has 0 saturated carbocycles. The number of hydrogen-bond donors (Lipinski definition) is 1. The van der Waals surface area contributed by atoms with E-state index in [2.05, 4.69) is 25.2 Å². The van der Waals surface area contributed by atoms with Gasteiger partial charge in [-0.2, -0.15) is 0 Å². The Bertz CT molecular complexity index is 1270. The SMILES string of the molecule is CC(C)(C)OC(=O)C(C1CCNCC1)N1C(=O)C2(COc3cc4c(cc32)C(C)(C)CO4)c2ccccc21. The van der Waals surface area contributed by atoms with Gasteiger partial charge in [-0.25, -0.2) is 4.79 Å². The van der Waals surface area contributed by atoms with E-state index in [1.165, 1.54) is 0 Å². The van der Waals surface area contributed by atoms with Crippen molar-refractivity contribution in [3.63, 3.8) is 0 Å². The van der Waals surface area contributed by atoms with Crippen molar-refractivity contribution in [3.05, 3.63) is 53.1 Å². The summed E-state index contributed by atoms with van der Waals surface area (Å²) in [6.45, 7) is 12.3. The summed E-state index contributed by atoms with van der Waals surface area (Å²) < 4.78 is 18.1. The Labute approximate surface area is 218 Å². The summed E-state index contributed by atoms with van der Waals surface area (Å²) in [6, 6.07) is 11.2. The van der Waals surface area contributed by atoms with Crippen molar-refractivity contribution in [3.8, 4) is 11.5 Å². The molecule has 1 amide bonds. The maximum absolute atomic E-state index is 14.8. The average molecular weight is 505 g/mol. The van der Waals surface area contributed by atoms with Crippen LogP contribution in [0.2, 0.25) is 0 Å². The number of benzene rings is 2. The predicted molar refractivity (Wildman–Crippen MR) is 140 cm³/mol. The molecule has 0 bridgehead atoms. The normalized spacial score (nSPS) is 24.8. The number of nitrogens with one attached hydrogen (secondary N) is 1. The zero-order chi connectivity index (χ0) is 26.2. The summed E-state index contributed by atoms with van der Waals surface area (Å²) >= 11 is 0. The molecule has 7 heteroatoms. The highest BCUT2D eigenvalue weighted by Gasteiger charge is 2.60. The molecule has 37 heavy (non-hydrogen) atoms. The standard InChI is InChI=1S/C30H36N2O5/c1-28(2,3)37-26(33)25(18-10-12-31-13-11-18)32-22-9-7-6-8-19(22)30(27(32)34)17-36-24-15-23-20(14-21(24)30)29(4,5)16-35-23/h6-9,14-15,18,25,31H,10-13,16-17H2,1-5H3. The molecule has 4 heterocycles. The van der Waals surface area contributed by atoms with Crippen LogP contribution < -0.4 is 19.7 Å².